The zero-order valence-electron chi connectivity index (χ0n) is 18.8. The van der Waals surface area contributed by atoms with Gasteiger partial charge in [0.15, 0.2) is 0 Å². The van der Waals surface area contributed by atoms with Crippen molar-refractivity contribution in [3.63, 3.8) is 0 Å². The average molecular weight is 440 g/mol. The van der Waals surface area contributed by atoms with E-state index < -0.39 is 0 Å². The van der Waals surface area contributed by atoms with Crippen LogP contribution in [-0.4, -0.2) is 58.8 Å². The Labute approximate surface area is 190 Å². The minimum Gasteiger partial charge on any atom is -0.341 e. The van der Waals surface area contributed by atoms with Crippen LogP contribution in [0.4, 0.5) is 5.69 Å². The van der Waals surface area contributed by atoms with Crippen molar-refractivity contribution in [3.8, 4) is 0 Å². The Morgan fingerprint density at radius 1 is 1.00 bits per heavy atom. The maximum absolute atomic E-state index is 12.6. The molecule has 5 nitrogen and oxygen atoms in total. The quantitative estimate of drug-likeness (QED) is 0.667. The molecule has 0 aromatic heterocycles. The van der Waals surface area contributed by atoms with Crippen molar-refractivity contribution in [3.05, 3.63) is 65.2 Å². The van der Waals surface area contributed by atoms with Gasteiger partial charge < -0.3 is 10.2 Å². The number of carbonyl (C=O) groups excluding carboxylic acids is 2. The first kappa shape index (κ1) is 23.4. The smallest absolute Gasteiger partial charge is 0.255 e. The van der Waals surface area contributed by atoms with Crippen molar-refractivity contribution in [2.24, 2.45) is 0 Å². The normalized spacial score (nSPS) is 14.2. The van der Waals surface area contributed by atoms with Crippen molar-refractivity contribution in [1.82, 2.24) is 9.80 Å². The highest BCUT2D eigenvalue weighted by Gasteiger charge is 2.17. The molecule has 2 aromatic rings. The van der Waals surface area contributed by atoms with Gasteiger partial charge in [0, 0.05) is 48.4 Å². The molecule has 1 aliphatic heterocycles. The molecule has 1 aliphatic rings. The molecule has 0 bridgehead atoms. The fraction of sp³-hybridized carbons (Fsp3) is 0.440. The molecule has 0 atom stereocenters. The monoisotopic (exact) mass is 439 g/mol. The van der Waals surface area contributed by atoms with E-state index in [1.165, 1.54) is 5.56 Å². The molecule has 166 valence electrons. The van der Waals surface area contributed by atoms with E-state index in [1.807, 2.05) is 65.2 Å². The molecule has 0 unspecified atom stereocenters. The Balaban J connectivity index is 1.53. The van der Waals surface area contributed by atoms with Crippen LogP contribution in [0.2, 0.25) is 0 Å². The van der Waals surface area contributed by atoms with Gasteiger partial charge in [-0.25, -0.2) is 0 Å². The number of benzene rings is 2. The Morgan fingerprint density at radius 2 is 1.61 bits per heavy atom. The van der Waals surface area contributed by atoms with Crippen molar-refractivity contribution < 1.29 is 9.59 Å². The lowest BCUT2D eigenvalue weighted by Gasteiger charge is -2.26. The zero-order chi connectivity index (χ0) is 22.2. The summed E-state index contributed by atoms with van der Waals surface area (Å²) in [7, 11) is 0. The number of carbonyl (C=O) groups is 2. The first-order valence-corrected chi connectivity index (χ1v) is 12.2. The largest absolute Gasteiger partial charge is 0.341 e. The molecule has 31 heavy (non-hydrogen) atoms. The SMILES string of the molecule is CCN(Cc1ccc(C(=O)Nc2ccc(CC(=O)N3CCSCC3)cc2)cc1)C(C)C. The summed E-state index contributed by atoms with van der Waals surface area (Å²) in [6, 6.07) is 15.9. The van der Waals surface area contributed by atoms with Gasteiger partial charge in [-0.15, -0.1) is 0 Å². The van der Waals surface area contributed by atoms with E-state index in [2.05, 4.69) is 31.0 Å². The third kappa shape index (κ3) is 6.84. The van der Waals surface area contributed by atoms with Gasteiger partial charge in [0.1, 0.15) is 0 Å². The van der Waals surface area contributed by atoms with Gasteiger partial charge in [0.05, 0.1) is 6.42 Å². The highest BCUT2D eigenvalue weighted by atomic mass is 32.2. The minimum absolute atomic E-state index is 0.127. The van der Waals surface area contributed by atoms with Crippen molar-refractivity contribution in [1.29, 1.82) is 0 Å². The molecule has 0 aliphatic carbocycles. The van der Waals surface area contributed by atoms with E-state index in [1.54, 1.807) is 0 Å². The summed E-state index contributed by atoms with van der Waals surface area (Å²) in [5.74, 6) is 2.09. The lowest BCUT2D eigenvalue weighted by molar-refractivity contribution is -0.130. The summed E-state index contributed by atoms with van der Waals surface area (Å²) in [5, 5.41) is 2.94. The van der Waals surface area contributed by atoms with Crippen LogP contribution in [0.1, 0.15) is 42.3 Å². The Kier molecular flexibility index (Phi) is 8.55. The van der Waals surface area contributed by atoms with Gasteiger partial charge in [-0.1, -0.05) is 31.2 Å². The molecule has 2 amide bonds. The van der Waals surface area contributed by atoms with E-state index in [0.717, 1.165) is 48.9 Å². The molecular formula is C25H33N3O2S. The molecule has 1 saturated heterocycles. The summed E-state index contributed by atoms with van der Waals surface area (Å²) in [6.45, 7) is 10.1. The number of hydrogen-bond acceptors (Lipinski definition) is 4. The van der Waals surface area contributed by atoms with Crippen LogP contribution in [0.25, 0.3) is 0 Å². The number of hydrogen-bond donors (Lipinski definition) is 1. The molecule has 0 saturated carbocycles. The Hall–Kier alpha value is -2.31. The maximum Gasteiger partial charge on any atom is 0.255 e. The number of amides is 2. The van der Waals surface area contributed by atoms with Crippen LogP contribution in [0, 0.1) is 0 Å². The van der Waals surface area contributed by atoms with Crippen molar-refractivity contribution in [2.75, 3.05) is 36.5 Å². The first-order valence-electron chi connectivity index (χ1n) is 11.0. The second-order valence-electron chi connectivity index (χ2n) is 8.17. The summed E-state index contributed by atoms with van der Waals surface area (Å²) in [5.41, 5.74) is 3.54. The second kappa shape index (κ2) is 11.3. The summed E-state index contributed by atoms with van der Waals surface area (Å²) in [6.07, 6.45) is 0.408. The lowest BCUT2D eigenvalue weighted by atomic mass is 10.1. The molecule has 0 radical (unpaired) electrons. The van der Waals surface area contributed by atoms with E-state index in [4.69, 9.17) is 0 Å². The van der Waals surface area contributed by atoms with Gasteiger partial charge in [-0.05, 0) is 55.8 Å². The van der Waals surface area contributed by atoms with E-state index in [0.29, 0.717) is 18.0 Å². The van der Waals surface area contributed by atoms with Crippen LogP contribution in [0.15, 0.2) is 48.5 Å². The van der Waals surface area contributed by atoms with Crippen LogP contribution in [0.5, 0.6) is 0 Å². The summed E-state index contributed by atoms with van der Waals surface area (Å²) < 4.78 is 0. The average Bonchev–Trinajstić information content (AvgIpc) is 2.79. The first-order chi connectivity index (χ1) is 15.0. The number of rotatable bonds is 8. The van der Waals surface area contributed by atoms with Gasteiger partial charge in [-0.2, -0.15) is 11.8 Å². The number of nitrogens with zero attached hydrogens (tertiary/aromatic N) is 2. The minimum atomic E-state index is -0.127. The van der Waals surface area contributed by atoms with Gasteiger partial charge in [0.25, 0.3) is 5.91 Å². The molecule has 1 fully saturated rings. The third-order valence-corrected chi connectivity index (χ3v) is 6.61. The third-order valence-electron chi connectivity index (χ3n) is 5.67. The van der Waals surface area contributed by atoms with Crippen molar-refractivity contribution >= 4 is 29.3 Å². The molecule has 0 spiro atoms. The predicted molar refractivity (Wildman–Crippen MR) is 130 cm³/mol. The number of anilines is 1. The topological polar surface area (TPSA) is 52.7 Å². The van der Waals surface area contributed by atoms with Gasteiger partial charge in [0.2, 0.25) is 5.91 Å². The molecule has 1 heterocycles. The van der Waals surface area contributed by atoms with E-state index in [9.17, 15) is 9.59 Å². The fourth-order valence-corrected chi connectivity index (χ4v) is 4.57. The maximum atomic E-state index is 12.6. The molecule has 6 heteroatoms. The predicted octanol–water partition coefficient (Wildman–Crippen LogP) is 4.29. The fourth-order valence-electron chi connectivity index (χ4n) is 3.66. The Morgan fingerprint density at radius 3 is 2.19 bits per heavy atom. The van der Waals surface area contributed by atoms with Crippen LogP contribution >= 0.6 is 11.8 Å². The number of thioether (sulfide) groups is 1. The van der Waals surface area contributed by atoms with Gasteiger partial charge >= 0.3 is 0 Å². The molecule has 1 N–H and O–H groups in total. The van der Waals surface area contributed by atoms with Gasteiger partial charge in [-0.3, -0.25) is 14.5 Å². The summed E-state index contributed by atoms with van der Waals surface area (Å²) in [4.78, 5) is 29.3. The van der Waals surface area contributed by atoms with Crippen LogP contribution in [-0.2, 0) is 17.8 Å². The highest BCUT2D eigenvalue weighted by Crippen LogP contribution is 2.16. The van der Waals surface area contributed by atoms with Crippen LogP contribution < -0.4 is 5.32 Å². The molecule has 3 rings (SSSR count). The highest BCUT2D eigenvalue weighted by molar-refractivity contribution is 7.99. The van der Waals surface area contributed by atoms with E-state index in [-0.39, 0.29) is 11.8 Å². The molecule has 2 aromatic carbocycles. The molecular weight excluding hydrogens is 406 g/mol. The van der Waals surface area contributed by atoms with Crippen LogP contribution in [0.3, 0.4) is 0 Å². The lowest BCUT2D eigenvalue weighted by Crippen LogP contribution is -2.38. The zero-order valence-corrected chi connectivity index (χ0v) is 19.6. The van der Waals surface area contributed by atoms with E-state index >= 15 is 0 Å². The van der Waals surface area contributed by atoms with Crippen molar-refractivity contribution in [2.45, 2.75) is 39.8 Å². The number of nitrogens with one attached hydrogen (secondary N) is 1. The standard InChI is InChI=1S/C25H33N3O2S/c1-4-27(19(2)3)18-21-5-9-22(10-6-21)25(30)26-23-11-7-20(8-12-23)17-24(29)28-13-15-31-16-14-28/h5-12,19H,4,13-18H2,1-3H3,(H,26,30). The Bertz CT molecular complexity index is 859. The summed E-state index contributed by atoms with van der Waals surface area (Å²) >= 11 is 1.90. The second-order valence-corrected chi connectivity index (χ2v) is 9.40.